The minimum Gasteiger partial charge on any atom is -0.390 e. The first-order chi connectivity index (χ1) is 13.0. The minimum atomic E-state index is -0.512. The summed E-state index contributed by atoms with van der Waals surface area (Å²) in [5.74, 6) is 1.13. The molecule has 4 saturated carbocycles. The van der Waals surface area contributed by atoms with Crippen LogP contribution in [0.25, 0.3) is 5.69 Å². The number of carbonyl (C=O) groups excluding carboxylic acids is 1. The van der Waals surface area contributed by atoms with Crippen LogP contribution in [0.4, 0.5) is 0 Å². The van der Waals surface area contributed by atoms with Crippen molar-refractivity contribution in [1.82, 2.24) is 20.1 Å². The highest BCUT2D eigenvalue weighted by Crippen LogP contribution is 2.62. The summed E-state index contributed by atoms with van der Waals surface area (Å²) in [6.07, 6.45) is 9.27. The summed E-state index contributed by atoms with van der Waals surface area (Å²) < 4.78 is 1.62. The molecule has 0 aliphatic heterocycles. The third-order valence-corrected chi connectivity index (χ3v) is 7.16. The Bertz CT molecular complexity index is 849. The monoisotopic (exact) mass is 366 g/mol. The first kappa shape index (κ1) is 16.9. The molecular weight excluding hydrogens is 340 g/mol. The molecule has 2 aromatic rings. The van der Waals surface area contributed by atoms with Crippen LogP contribution in [0.1, 0.15) is 55.8 Å². The zero-order valence-corrected chi connectivity index (χ0v) is 15.6. The lowest BCUT2D eigenvalue weighted by Crippen LogP contribution is -2.61. The molecule has 3 unspecified atom stereocenters. The van der Waals surface area contributed by atoms with Crippen LogP contribution in [-0.2, 0) is 0 Å². The van der Waals surface area contributed by atoms with Crippen molar-refractivity contribution in [2.45, 2.75) is 57.1 Å². The van der Waals surface area contributed by atoms with Crippen molar-refractivity contribution in [3.63, 3.8) is 0 Å². The molecule has 0 spiro atoms. The van der Waals surface area contributed by atoms with E-state index in [2.05, 4.69) is 22.3 Å². The van der Waals surface area contributed by atoms with E-state index >= 15 is 0 Å². The van der Waals surface area contributed by atoms with E-state index in [-0.39, 0.29) is 17.4 Å². The summed E-state index contributed by atoms with van der Waals surface area (Å²) in [6.45, 7) is 2.12. The van der Waals surface area contributed by atoms with Gasteiger partial charge in [0, 0.05) is 6.04 Å². The molecule has 1 heterocycles. The van der Waals surface area contributed by atoms with Crippen LogP contribution in [0.15, 0.2) is 36.9 Å². The molecule has 3 atom stereocenters. The number of nitrogens with one attached hydrogen (secondary N) is 1. The van der Waals surface area contributed by atoms with Crippen molar-refractivity contribution < 1.29 is 9.90 Å². The summed E-state index contributed by atoms with van der Waals surface area (Å²) in [6, 6.07) is 7.50. The number of aliphatic hydroxyl groups is 1. The molecule has 1 amide bonds. The Morgan fingerprint density at radius 1 is 1.26 bits per heavy atom. The second kappa shape index (κ2) is 5.89. The fraction of sp³-hybridized carbons (Fsp3) is 0.571. The molecule has 4 aliphatic carbocycles. The van der Waals surface area contributed by atoms with Crippen LogP contribution in [0.3, 0.4) is 0 Å². The number of para-hydroxylation sites is 1. The summed E-state index contributed by atoms with van der Waals surface area (Å²) >= 11 is 0. The SMILES string of the molecule is CC(NC(=O)c1ccccc1-n1cncn1)C12CC3CC(CC(O)(C3)C1)C2. The lowest BCUT2D eigenvalue weighted by atomic mass is 9.46. The van der Waals surface area contributed by atoms with Gasteiger partial charge >= 0.3 is 0 Å². The Hall–Kier alpha value is -2.21. The molecule has 6 nitrogen and oxygen atoms in total. The number of hydrogen-bond acceptors (Lipinski definition) is 4. The predicted molar refractivity (Wildman–Crippen MR) is 100 cm³/mol. The van der Waals surface area contributed by atoms with Gasteiger partial charge in [0.2, 0.25) is 0 Å². The molecule has 4 bridgehead atoms. The highest BCUT2D eigenvalue weighted by Gasteiger charge is 2.59. The molecule has 2 N–H and O–H groups in total. The first-order valence-corrected chi connectivity index (χ1v) is 9.94. The second-order valence-corrected chi connectivity index (χ2v) is 9.10. The van der Waals surface area contributed by atoms with Gasteiger partial charge in [0.1, 0.15) is 12.7 Å². The topological polar surface area (TPSA) is 80.0 Å². The largest absolute Gasteiger partial charge is 0.390 e. The number of rotatable bonds is 4. The van der Waals surface area contributed by atoms with Crippen molar-refractivity contribution in [1.29, 1.82) is 0 Å². The van der Waals surface area contributed by atoms with Crippen molar-refractivity contribution >= 4 is 5.91 Å². The maximum Gasteiger partial charge on any atom is 0.253 e. The fourth-order valence-corrected chi connectivity index (χ4v) is 6.42. The zero-order valence-electron chi connectivity index (χ0n) is 15.6. The van der Waals surface area contributed by atoms with E-state index in [4.69, 9.17) is 0 Å². The van der Waals surface area contributed by atoms with E-state index in [1.54, 1.807) is 11.0 Å². The third-order valence-electron chi connectivity index (χ3n) is 7.16. The van der Waals surface area contributed by atoms with Gasteiger partial charge in [-0.2, -0.15) is 5.10 Å². The number of carbonyl (C=O) groups is 1. The van der Waals surface area contributed by atoms with Crippen molar-refractivity contribution in [3.8, 4) is 5.69 Å². The normalized spacial score (nSPS) is 35.2. The smallest absolute Gasteiger partial charge is 0.253 e. The number of nitrogens with zero attached hydrogens (tertiary/aromatic N) is 3. The zero-order chi connectivity index (χ0) is 18.6. The van der Waals surface area contributed by atoms with Crippen LogP contribution in [0.5, 0.6) is 0 Å². The molecule has 142 valence electrons. The van der Waals surface area contributed by atoms with Crippen molar-refractivity contribution in [3.05, 3.63) is 42.5 Å². The van der Waals surface area contributed by atoms with E-state index in [9.17, 15) is 9.90 Å². The van der Waals surface area contributed by atoms with E-state index in [1.165, 1.54) is 12.7 Å². The Morgan fingerprint density at radius 2 is 2.00 bits per heavy atom. The van der Waals surface area contributed by atoms with Gasteiger partial charge in [-0.25, -0.2) is 9.67 Å². The van der Waals surface area contributed by atoms with Crippen LogP contribution in [-0.4, -0.2) is 37.4 Å². The summed E-state index contributed by atoms with van der Waals surface area (Å²) in [7, 11) is 0. The second-order valence-electron chi connectivity index (χ2n) is 9.10. The van der Waals surface area contributed by atoms with Gasteiger partial charge < -0.3 is 10.4 Å². The average molecular weight is 366 g/mol. The maximum absolute atomic E-state index is 13.1. The third kappa shape index (κ3) is 2.78. The molecule has 27 heavy (non-hydrogen) atoms. The molecule has 6 heteroatoms. The molecule has 0 saturated heterocycles. The summed E-state index contributed by atoms with van der Waals surface area (Å²) in [5.41, 5.74) is 0.834. The molecule has 4 aliphatic rings. The molecular formula is C21H26N4O2. The molecule has 1 aromatic carbocycles. The predicted octanol–water partition coefficient (Wildman–Crippen LogP) is 2.72. The van der Waals surface area contributed by atoms with E-state index in [0.29, 0.717) is 17.4 Å². The fourth-order valence-electron chi connectivity index (χ4n) is 6.42. The standard InChI is InChI=1S/C21H26N4O2/c1-14(20-7-15-6-16(8-20)10-21(27,9-15)11-20)24-19(26)17-4-2-3-5-18(17)25-13-22-12-23-25/h2-5,12-16,27H,6-11H2,1H3,(H,24,26). The Morgan fingerprint density at radius 3 is 2.67 bits per heavy atom. The molecule has 4 fully saturated rings. The van der Waals surface area contributed by atoms with Gasteiger partial charge in [-0.15, -0.1) is 0 Å². The highest BCUT2D eigenvalue weighted by atomic mass is 16.3. The maximum atomic E-state index is 13.1. The van der Waals surface area contributed by atoms with Crippen molar-refractivity contribution in [2.24, 2.45) is 17.3 Å². The molecule has 6 rings (SSSR count). The molecule has 1 aromatic heterocycles. The summed E-state index contributed by atoms with van der Waals surface area (Å²) in [5, 5.41) is 18.4. The first-order valence-electron chi connectivity index (χ1n) is 9.94. The van der Waals surface area contributed by atoms with E-state index in [0.717, 1.165) is 37.8 Å². The van der Waals surface area contributed by atoms with Gasteiger partial charge in [0.15, 0.2) is 0 Å². The van der Waals surface area contributed by atoms with Gasteiger partial charge in [-0.3, -0.25) is 4.79 Å². The lowest BCUT2D eigenvalue weighted by Gasteiger charge is -2.62. The van der Waals surface area contributed by atoms with Gasteiger partial charge in [0.05, 0.1) is 16.9 Å². The average Bonchev–Trinajstić information content (AvgIpc) is 3.14. The van der Waals surface area contributed by atoms with Gasteiger partial charge in [0.25, 0.3) is 5.91 Å². The Balaban J connectivity index is 1.39. The van der Waals surface area contributed by atoms with Crippen LogP contribution in [0, 0.1) is 17.3 Å². The number of aromatic nitrogens is 3. The van der Waals surface area contributed by atoms with Crippen LogP contribution < -0.4 is 5.32 Å². The quantitative estimate of drug-likeness (QED) is 0.872. The van der Waals surface area contributed by atoms with Crippen molar-refractivity contribution in [2.75, 3.05) is 0 Å². The lowest BCUT2D eigenvalue weighted by molar-refractivity contribution is -0.171. The summed E-state index contributed by atoms with van der Waals surface area (Å²) in [4.78, 5) is 17.1. The Kier molecular flexibility index (Phi) is 3.69. The van der Waals surface area contributed by atoms with Crippen LogP contribution in [0.2, 0.25) is 0 Å². The van der Waals surface area contributed by atoms with Gasteiger partial charge in [-0.05, 0) is 74.8 Å². The number of hydrogen-bond donors (Lipinski definition) is 2. The Labute approximate surface area is 159 Å². The molecule has 0 radical (unpaired) electrons. The minimum absolute atomic E-state index is 0.0245. The van der Waals surface area contributed by atoms with E-state index in [1.807, 2.05) is 24.3 Å². The van der Waals surface area contributed by atoms with Crippen LogP contribution >= 0.6 is 0 Å². The highest BCUT2D eigenvalue weighted by molar-refractivity contribution is 5.97. The number of benzene rings is 1. The van der Waals surface area contributed by atoms with E-state index < -0.39 is 5.60 Å². The number of amides is 1. The van der Waals surface area contributed by atoms with Gasteiger partial charge in [-0.1, -0.05) is 12.1 Å².